The Balaban J connectivity index is 1.87. The van der Waals surface area contributed by atoms with Crippen LogP contribution in [0.2, 0.25) is 0 Å². The first-order chi connectivity index (χ1) is 11.8. The molecule has 2 heterocycles. The summed E-state index contributed by atoms with van der Waals surface area (Å²) in [5, 5.41) is 14.7. The van der Waals surface area contributed by atoms with Gasteiger partial charge in [0.2, 0.25) is 0 Å². The van der Waals surface area contributed by atoms with Crippen LogP contribution in [0.5, 0.6) is 0 Å². The fraction of sp³-hybridized carbons (Fsp3) is 0.150. The zero-order chi connectivity index (χ0) is 16.1. The van der Waals surface area contributed by atoms with Gasteiger partial charge < -0.3 is 14.0 Å². The van der Waals surface area contributed by atoms with Crippen LogP contribution >= 0.6 is 0 Å². The second kappa shape index (κ2) is 4.99. The molecule has 2 aromatic carbocycles. The van der Waals surface area contributed by atoms with Crippen molar-refractivity contribution in [3.8, 4) is 11.1 Å². The number of nitrogens with zero attached hydrogens (tertiary/aromatic N) is 1. The smallest absolute Gasteiger partial charge is 0.259 e. The van der Waals surface area contributed by atoms with E-state index in [9.17, 15) is 5.21 Å². The molecule has 4 aromatic rings. The van der Waals surface area contributed by atoms with Crippen LogP contribution in [0.3, 0.4) is 0 Å². The van der Waals surface area contributed by atoms with E-state index < -0.39 is 0 Å². The summed E-state index contributed by atoms with van der Waals surface area (Å²) in [6.07, 6.45) is 4.72. The predicted octanol–water partition coefficient (Wildman–Crippen LogP) is 4.62. The van der Waals surface area contributed by atoms with Gasteiger partial charge in [0.1, 0.15) is 11.2 Å². The van der Waals surface area contributed by atoms with Crippen molar-refractivity contribution in [2.45, 2.75) is 19.3 Å². The normalized spacial score (nSPS) is 14.6. The van der Waals surface area contributed by atoms with Gasteiger partial charge in [-0.25, -0.2) is 0 Å². The van der Waals surface area contributed by atoms with Gasteiger partial charge in [0.25, 0.3) is 5.55 Å². The molecule has 0 saturated carbocycles. The lowest BCUT2D eigenvalue weighted by molar-refractivity contribution is 0.275. The molecule has 0 atom stereocenters. The van der Waals surface area contributed by atoms with Crippen molar-refractivity contribution in [1.82, 2.24) is 0 Å². The summed E-state index contributed by atoms with van der Waals surface area (Å²) in [6, 6.07) is 14.3. The van der Waals surface area contributed by atoms with Crippen LogP contribution in [0, 0.1) is 0 Å². The lowest BCUT2D eigenvalue weighted by Gasteiger charge is -2.06. The predicted molar refractivity (Wildman–Crippen MR) is 90.8 cm³/mol. The van der Waals surface area contributed by atoms with Crippen LogP contribution in [0.15, 0.2) is 62.7 Å². The highest BCUT2D eigenvalue weighted by Crippen LogP contribution is 2.36. The minimum absolute atomic E-state index is 0.323. The number of hydrogen-bond acceptors (Lipinski definition) is 4. The number of furan rings is 1. The highest BCUT2D eigenvalue weighted by atomic mass is 16.5. The maximum atomic E-state index is 9.24. The lowest BCUT2D eigenvalue weighted by atomic mass is 10.0. The Morgan fingerprint density at radius 2 is 1.75 bits per heavy atom. The third-order valence-corrected chi connectivity index (χ3v) is 4.86. The van der Waals surface area contributed by atoms with Crippen LogP contribution in [-0.2, 0) is 12.8 Å². The third kappa shape index (κ3) is 1.83. The van der Waals surface area contributed by atoms with Crippen molar-refractivity contribution in [3.05, 3.63) is 65.4 Å². The van der Waals surface area contributed by atoms with Crippen molar-refractivity contribution >= 4 is 21.9 Å². The van der Waals surface area contributed by atoms with Crippen molar-refractivity contribution in [3.63, 3.8) is 0 Å². The SMILES string of the molecule is O/N=c1\oc2cc3occ(-c4ccccc4)c3cc2c2c1CCC2. The molecular weight excluding hydrogens is 302 g/mol. The standard InChI is InChI=1S/C20H15NO3/c22-21-20-14-8-4-7-13(14)15-9-16-17(12-5-2-1-3-6-12)11-23-18(16)10-19(15)24-20/h1-3,5-6,9-11,22H,4,7-8H2/b21-20-. The van der Waals surface area contributed by atoms with Gasteiger partial charge in [-0.3, -0.25) is 0 Å². The molecule has 0 saturated heterocycles. The molecule has 0 bridgehead atoms. The van der Waals surface area contributed by atoms with Gasteiger partial charge in [-0.1, -0.05) is 30.3 Å². The lowest BCUT2D eigenvalue weighted by Crippen LogP contribution is -2.09. The van der Waals surface area contributed by atoms with E-state index in [0.29, 0.717) is 11.1 Å². The van der Waals surface area contributed by atoms with Crippen molar-refractivity contribution in [2.24, 2.45) is 5.16 Å². The summed E-state index contributed by atoms with van der Waals surface area (Å²) >= 11 is 0. The Bertz CT molecular complexity index is 1140. The minimum Gasteiger partial charge on any atom is -0.464 e. The maximum Gasteiger partial charge on any atom is 0.259 e. The van der Waals surface area contributed by atoms with E-state index in [2.05, 4.69) is 23.4 Å². The summed E-state index contributed by atoms with van der Waals surface area (Å²) < 4.78 is 11.6. The first-order valence-electron chi connectivity index (χ1n) is 8.08. The molecule has 4 nitrogen and oxygen atoms in total. The molecule has 0 spiro atoms. The van der Waals surface area contributed by atoms with Crippen LogP contribution in [0.25, 0.3) is 33.1 Å². The molecule has 0 amide bonds. The van der Waals surface area contributed by atoms with Gasteiger partial charge in [0.05, 0.1) is 6.26 Å². The van der Waals surface area contributed by atoms with Crippen molar-refractivity contribution in [2.75, 3.05) is 0 Å². The van der Waals surface area contributed by atoms with Crippen LogP contribution in [0.4, 0.5) is 0 Å². The molecule has 4 heteroatoms. The summed E-state index contributed by atoms with van der Waals surface area (Å²) in [5.74, 6) is 0. The van der Waals surface area contributed by atoms with Gasteiger partial charge in [-0.2, -0.15) is 0 Å². The molecule has 5 rings (SSSR count). The first-order valence-corrected chi connectivity index (χ1v) is 8.08. The van der Waals surface area contributed by atoms with Gasteiger partial charge in [0, 0.05) is 28.0 Å². The Morgan fingerprint density at radius 1 is 0.917 bits per heavy atom. The molecule has 2 aromatic heterocycles. The van der Waals surface area contributed by atoms with Gasteiger partial charge in [-0.05, 0) is 41.6 Å². The molecule has 1 aliphatic rings. The second-order valence-electron chi connectivity index (χ2n) is 6.18. The van der Waals surface area contributed by atoms with Gasteiger partial charge >= 0.3 is 0 Å². The first kappa shape index (κ1) is 13.4. The van der Waals surface area contributed by atoms with E-state index in [1.54, 1.807) is 6.26 Å². The zero-order valence-electron chi connectivity index (χ0n) is 13.0. The largest absolute Gasteiger partial charge is 0.464 e. The van der Waals surface area contributed by atoms with Gasteiger partial charge in [0.15, 0.2) is 0 Å². The third-order valence-electron chi connectivity index (χ3n) is 4.86. The highest BCUT2D eigenvalue weighted by Gasteiger charge is 2.20. The Hall–Kier alpha value is -3.01. The molecule has 1 N–H and O–H groups in total. The molecule has 0 aliphatic heterocycles. The van der Waals surface area contributed by atoms with Crippen molar-refractivity contribution in [1.29, 1.82) is 0 Å². The Morgan fingerprint density at radius 3 is 2.58 bits per heavy atom. The van der Waals surface area contributed by atoms with E-state index >= 15 is 0 Å². The number of benzene rings is 2. The number of aryl methyl sites for hydroxylation is 1. The molecule has 1 aliphatic carbocycles. The van der Waals surface area contributed by atoms with Gasteiger partial charge in [-0.15, -0.1) is 0 Å². The van der Waals surface area contributed by atoms with Crippen LogP contribution in [-0.4, -0.2) is 5.21 Å². The van der Waals surface area contributed by atoms with E-state index in [0.717, 1.165) is 52.3 Å². The highest BCUT2D eigenvalue weighted by molar-refractivity contribution is 6.02. The molecule has 24 heavy (non-hydrogen) atoms. The summed E-state index contributed by atoms with van der Waals surface area (Å²) in [4.78, 5) is 0. The quantitative estimate of drug-likeness (QED) is 0.411. The fourth-order valence-corrected chi connectivity index (χ4v) is 3.74. The zero-order valence-corrected chi connectivity index (χ0v) is 13.0. The number of hydrogen-bond donors (Lipinski definition) is 1. The van der Waals surface area contributed by atoms with E-state index in [-0.39, 0.29) is 0 Å². The Labute approximate surface area is 137 Å². The molecule has 0 radical (unpaired) electrons. The topological polar surface area (TPSA) is 58.9 Å². The molecule has 0 unspecified atom stereocenters. The average molecular weight is 317 g/mol. The van der Waals surface area contributed by atoms with E-state index in [4.69, 9.17) is 8.83 Å². The van der Waals surface area contributed by atoms with E-state index in [1.807, 2.05) is 24.3 Å². The average Bonchev–Trinajstić information content (AvgIpc) is 3.27. The minimum atomic E-state index is 0.323. The fourth-order valence-electron chi connectivity index (χ4n) is 3.74. The summed E-state index contributed by atoms with van der Waals surface area (Å²) in [5.41, 5.74) is 6.25. The monoisotopic (exact) mass is 317 g/mol. The second-order valence-corrected chi connectivity index (χ2v) is 6.18. The molecule has 118 valence electrons. The van der Waals surface area contributed by atoms with E-state index in [1.165, 1.54) is 5.56 Å². The van der Waals surface area contributed by atoms with Crippen molar-refractivity contribution < 1.29 is 14.0 Å². The van der Waals surface area contributed by atoms with Crippen LogP contribution in [0.1, 0.15) is 17.5 Å². The molecule has 0 fully saturated rings. The molecular formula is C20H15NO3. The van der Waals surface area contributed by atoms with Crippen LogP contribution < -0.4 is 5.55 Å². The summed E-state index contributed by atoms with van der Waals surface area (Å²) in [6.45, 7) is 0. The number of fused-ring (bicyclic) bond motifs is 4. The Kier molecular flexibility index (Phi) is 2.80. The summed E-state index contributed by atoms with van der Waals surface area (Å²) in [7, 11) is 0. The maximum absolute atomic E-state index is 9.24. The number of rotatable bonds is 1.